The number of ketones is 1. The van der Waals surface area contributed by atoms with Gasteiger partial charge in [0.2, 0.25) is 5.95 Å². The second kappa shape index (κ2) is 7.05. The van der Waals surface area contributed by atoms with Gasteiger partial charge >= 0.3 is 5.97 Å². The van der Waals surface area contributed by atoms with Crippen LogP contribution in [0.2, 0.25) is 0 Å². The fourth-order valence-electron chi connectivity index (χ4n) is 2.86. The van der Waals surface area contributed by atoms with Gasteiger partial charge in [-0.25, -0.2) is 4.79 Å². The fourth-order valence-corrected chi connectivity index (χ4v) is 3.94. The highest BCUT2D eigenvalue weighted by Crippen LogP contribution is 2.38. The van der Waals surface area contributed by atoms with Crippen molar-refractivity contribution in [3.05, 3.63) is 68.0 Å². The highest BCUT2D eigenvalue weighted by atomic mass is 79.9. The molecule has 1 atom stereocenters. The minimum atomic E-state index is -0.661. The van der Waals surface area contributed by atoms with E-state index in [1.54, 1.807) is 24.3 Å². The monoisotopic (exact) mass is 445 g/mol. The third-order valence-corrected chi connectivity index (χ3v) is 5.52. The maximum Gasteiger partial charge on any atom is 0.355 e. The first-order valence-corrected chi connectivity index (χ1v) is 9.48. The van der Waals surface area contributed by atoms with Gasteiger partial charge in [0, 0.05) is 14.9 Å². The number of halogens is 1. The van der Waals surface area contributed by atoms with Crippen molar-refractivity contribution in [3.63, 3.8) is 0 Å². The van der Waals surface area contributed by atoms with Gasteiger partial charge in [0.25, 0.3) is 0 Å². The van der Waals surface area contributed by atoms with Crippen LogP contribution in [0.4, 0.5) is 5.95 Å². The molecule has 2 aromatic heterocycles. The molecule has 0 fully saturated rings. The minimum absolute atomic E-state index is 0.0334. The van der Waals surface area contributed by atoms with E-state index in [0.717, 1.165) is 9.35 Å². The van der Waals surface area contributed by atoms with Crippen LogP contribution in [0, 0.1) is 0 Å². The van der Waals surface area contributed by atoms with E-state index < -0.39 is 12.0 Å². The molecule has 0 spiro atoms. The molecule has 136 valence electrons. The molecule has 1 aromatic carbocycles. The Labute approximate surface area is 166 Å². The van der Waals surface area contributed by atoms with Gasteiger partial charge in [-0.3, -0.25) is 4.79 Å². The molecule has 8 nitrogen and oxygen atoms in total. The zero-order valence-corrected chi connectivity index (χ0v) is 16.3. The van der Waals surface area contributed by atoms with Gasteiger partial charge in [-0.05, 0) is 46.1 Å². The topological polar surface area (TPSA) is 99.0 Å². The summed E-state index contributed by atoms with van der Waals surface area (Å²) in [6.07, 6.45) is 0. The Kier molecular flexibility index (Phi) is 4.58. The summed E-state index contributed by atoms with van der Waals surface area (Å²) in [6.45, 7) is 0. The third-order valence-electron chi connectivity index (χ3n) is 4.07. The summed E-state index contributed by atoms with van der Waals surface area (Å²) >= 11 is 4.80. The second-order valence-corrected chi connectivity index (χ2v) is 7.50. The molecule has 0 aliphatic carbocycles. The van der Waals surface area contributed by atoms with Crippen LogP contribution in [0.15, 0.2) is 57.5 Å². The smallest absolute Gasteiger partial charge is 0.355 e. The molecule has 0 radical (unpaired) electrons. The maximum atomic E-state index is 13.4. The summed E-state index contributed by atoms with van der Waals surface area (Å²) < 4.78 is 7.23. The predicted molar refractivity (Wildman–Crippen MR) is 101 cm³/mol. The number of nitrogens with one attached hydrogen (secondary N) is 1. The number of hydrogen-bond acceptors (Lipinski definition) is 8. The maximum absolute atomic E-state index is 13.4. The standard InChI is InChI=1S/C17H12BrN5O3S/c1-26-16(25)13-12(15(24)9-4-6-10(18)7-5-9)14(11-3-2-8-27-11)23-17(19-13)20-21-22-23/h2-8,14H,1H3,(H,19,20,22)/t14-/m0/s1. The number of methoxy groups -OCH3 is 1. The first kappa shape index (κ1) is 17.6. The minimum Gasteiger partial charge on any atom is -0.464 e. The number of Topliss-reactive ketones (excluding diaryl/α,β-unsaturated/α-hetero) is 1. The van der Waals surface area contributed by atoms with Crippen LogP contribution in [-0.2, 0) is 9.53 Å². The van der Waals surface area contributed by atoms with E-state index in [0.29, 0.717) is 5.56 Å². The number of benzene rings is 1. The Balaban J connectivity index is 1.93. The van der Waals surface area contributed by atoms with Crippen molar-refractivity contribution in [2.24, 2.45) is 0 Å². The number of carbonyl (C=O) groups excluding carboxylic acids is 2. The Bertz CT molecular complexity index is 1040. The molecule has 10 heteroatoms. The van der Waals surface area contributed by atoms with Gasteiger partial charge in [-0.1, -0.05) is 27.1 Å². The Morgan fingerprint density at radius 1 is 1.26 bits per heavy atom. The number of hydrogen-bond donors (Lipinski definition) is 1. The Hall–Kier alpha value is -2.85. The van der Waals surface area contributed by atoms with Crippen molar-refractivity contribution in [2.45, 2.75) is 6.04 Å². The average molecular weight is 446 g/mol. The molecule has 3 heterocycles. The van der Waals surface area contributed by atoms with Crippen LogP contribution < -0.4 is 5.32 Å². The van der Waals surface area contributed by atoms with Crippen LogP contribution in [0.3, 0.4) is 0 Å². The first-order valence-electron chi connectivity index (χ1n) is 7.81. The number of aromatic nitrogens is 4. The summed E-state index contributed by atoms with van der Waals surface area (Å²) in [4.78, 5) is 26.6. The van der Waals surface area contributed by atoms with Gasteiger partial charge in [-0.2, -0.15) is 4.68 Å². The molecular formula is C17H12BrN5O3S. The van der Waals surface area contributed by atoms with Crippen LogP contribution in [0.5, 0.6) is 0 Å². The lowest BCUT2D eigenvalue weighted by atomic mass is 9.93. The average Bonchev–Trinajstić information content (AvgIpc) is 3.37. The predicted octanol–water partition coefficient (Wildman–Crippen LogP) is 2.82. The molecule has 4 rings (SSSR count). The highest BCUT2D eigenvalue weighted by Gasteiger charge is 2.38. The van der Waals surface area contributed by atoms with Gasteiger partial charge in [0.1, 0.15) is 11.7 Å². The number of esters is 1. The molecule has 3 aromatic rings. The van der Waals surface area contributed by atoms with Crippen LogP contribution in [-0.4, -0.2) is 39.1 Å². The second-order valence-electron chi connectivity index (χ2n) is 5.61. The van der Waals surface area contributed by atoms with Crippen molar-refractivity contribution >= 4 is 45.0 Å². The van der Waals surface area contributed by atoms with Crippen LogP contribution in [0.25, 0.3) is 0 Å². The zero-order valence-electron chi connectivity index (χ0n) is 13.9. The molecule has 0 bridgehead atoms. The lowest BCUT2D eigenvalue weighted by Crippen LogP contribution is -2.32. The number of allylic oxidation sites excluding steroid dienone is 1. The van der Waals surface area contributed by atoms with Crippen LogP contribution >= 0.6 is 27.3 Å². The van der Waals surface area contributed by atoms with E-state index in [-0.39, 0.29) is 23.0 Å². The van der Waals surface area contributed by atoms with E-state index in [2.05, 4.69) is 36.8 Å². The van der Waals surface area contributed by atoms with Gasteiger partial charge < -0.3 is 10.1 Å². The largest absolute Gasteiger partial charge is 0.464 e. The van der Waals surface area contributed by atoms with Crippen molar-refractivity contribution < 1.29 is 14.3 Å². The molecule has 1 aliphatic rings. The summed E-state index contributed by atoms with van der Waals surface area (Å²) in [5.74, 6) is -0.706. The summed E-state index contributed by atoms with van der Waals surface area (Å²) in [5, 5.41) is 16.3. The summed E-state index contributed by atoms with van der Waals surface area (Å²) in [5.41, 5.74) is 0.701. The SMILES string of the molecule is COC(=O)C1=C(C(=O)c2ccc(Br)cc2)[C@H](c2cccs2)n2nnnc2N1. The number of nitrogens with zero attached hydrogens (tertiary/aromatic N) is 4. The normalized spacial score (nSPS) is 15.9. The number of anilines is 1. The molecule has 0 saturated carbocycles. The molecule has 0 amide bonds. The van der Waals surface area contributed by atoms with Crippen molar-refractivity contribution in [2.75, 3.05) is 12.4 Å². The molecule has 0 unspecified atom stereocenters. The first-order chi connectivity index (χ1) is 13.1. The van der Waals surface area contributed by atoms with Gasteiger partial charge in [-0.15, -0.1) is 11.3 Å². The van der Waals surface area contributed by atoms with E-state index >= 15 is 0 Å². The van der Waals surface area contributed by atoms with E-state index in [1.165, 1.54) is 23.1 Å². The number of rotatable bonds is 4. The fraction of sp³-hybridized carbons (Fsp3) is 0.118. The molecule has 1 N–H and O–H groups in total. The molecule has 1 aliphatic heterocycles. The summed E-state index contributed by atoms with van der Waals surface area (Å²) in [7, 11) is 1.26. The van der Waals surface area contributed by atoms with Crippen molar-refractivity contribution in [1.82, 2.24) is 20.2 Å². The molecule has 0 saturated heterocycles. The van der Waals surface area contributed by atoms with E-state index in [1.807, 2.05) is 17.5 Å². The number of fused-ring (bicyclic) bond motifs is 1. The number of ether oxygens (including phenoxy) is 1. The highest BCUT2D eigenvalue weighted by molar-refractivity contribution is 9.10. The van der Waals surface area contributed by atoms with E-state index in [4.69, 9.17) is 4.74 Å². The summed E-state index contributed by atoms with van der Waals surface area (Å²) in [6, 6.07) is 10.0. The third kappa shape index (κ3) is 3.06. The molecule has 27 heavy (non-hydrogen) atoms. The lowest BCUT2D eigenvalue weighted by molar-refractivity contribution is -0.136. The number of tetrazole rings is 1. The van der Waals surface area contributed by atoms with E-state index in [9.17, 15) is 9.59 Å². The van der Waals surface area contributed by atoms with Crippen molar-refractivity contribution in [3.8, 4) is 0 Å². The number of carbonyl (C=O) groups is 2. The number of thiophene rings is 1. The molecular weight excluding hydrogens is 434 g/mol. The van der Waals surface area contributed by atoms with Crippen LogP contribution in [0.1, 0.15) is 21.3 Å². The van der Waals surface area contributed by atoms with Gasteiger partial charge in [0.15, 0.2) is 5.78 Å². The quantitative estimate of drug-likeness (QED) is 0.486. The zero-order chi connectivity index (χ0) is 19.0. The van der Waals surface area contributed by atoms with Gasteiger partial charge in [0.05, 0.1) is 12.7 Å². The lowest BCUT2D eigenvalue weighted by Gasteiger charge is -2.27. The Morgan fingerprint density at radius 3 is 2.70 bits per heavy atom. The Morgan fingerprint density at radius 2 is 2.04 bits per heavy atom. The van der Waals surface area contributed by atoms with Crippen molar-refractivity contribution in [1.29, 1.82) is 0 Å².